The molecule has 0 radical (unpaired) electrons. The van der Waals surface area contributed by atoms with E-state index in [-0.39, 0.29) is 17.6 Å². The smallest absolute Gasteiger partial charge is 0.316 e. The van der Waals surface area contributed by atoms with Crippen molar-refractivity contribution in [2.24, 2.45) is 5.73 Å². The Balaban J connectivity index is 1.90. The molecule has 0 aliphatic rings. The van der Waals surface area contributed by atoms with Crippen LogP contribution >= 0.6 is 23.1 Å². The molecule has 2 rings (SSSR count). The van der Waals surface area contributed by atoms with Crippen LogP contribution in [-0.2, 0) is 16.1 Å². The minimum Gasteiger partial charge on any atom is -0.465 e. The van der Waals surface area contributed by atoms with E-state index in [0.717, 1.165) is 5.56 Å². The average Bonchev–Trinajstić information content (AvgIpc) is 3.01. The van der Waals surface area contributed by atoms with Crippen LogP contribution in [0, 0.1) is 0 Å². The number of aromatic nitrogens is 2. The molecule has 0 bridgehead atoms. The zero-order chi connectivity index (χ0) is 16.7. The maximum atomic E-state index is 12.1. The molecule has 0 unspecified atom stereocenters. The van der Waals surface area contributed by atoms with E-state index >= 15 is 0 Å². The molecule has 1 amide bonds. The number of carbonyl (C=O) groups excluding carboxylic acids is 2. The highest BCUT2D eigenvalue weighted by Crippen LogP contribution is 2.25. The Labute approximate surface area is 141 Å². The van der Waals surface area contributed by atoms with Crippen LogP contribution < -0.4 is 11.1 Å². The van der Waals surface area contributed by atoms with Gasteiger partial charge in [-0.2, -0.15) is 0 Å². The number of amides is 1. The molecule has 0 spiro atoms. The average molecular weight is 352 g/mol. The first-order chi connectivity index (χ1) is 11.1. The number of anilines is 1. The number of nitrogens with two attached hydrogens (primary N) is 1. The molecule has 23 heavy (non-hydrogen) atoms. The lowest BCUT2D eigenvalue weighted by Crippen LogP contribution is -2.11. The van der Waals surface area contributed by atoms with E-state index in [1.165, 1.54) is 23.1 Å². The molecule has 0 fully saturated rings. The van der Waals surface area contributed by atoms with E-state index in [0.29, 0.717) is 28.2 Å². The van der Waals surface area contributed by atoms with Gasteiger partial charge in [0.25, 0.3) is 5.91 Å². The molecule has 2 aromatic rings. The van der Waals surface area contributed by atoms with Gasteiger partial charge in [0.2, 0.25) is 5.13 Å². The van der Waals surface area contributed by atoms with Crippen LogP contribution in [0.15, 0.2) is 28.6 Å². The SMILES string of the molecule is CCOC(=O)CSc1nnc(NC(=O)c2ccc(CN)cc2)s1. The number of benzene rings is 1. The number of nitrogens with zero attached hydrogens (tertiary/aromatic N) is 2. The number of thioether (sulfide) groups is 1. The number of rotatable bonds is 7. The highest BCUT2D eigenvalue weighted by Gasteiger charge is 2.12. The highest BCUT2D eigenvalue weighted by molar-refractivity contribution is 8.01. The van der Waals surface area contributed by atoms with Crippen molar-refractivity contribution in [3.05, 3.63) is 35.4 Å². The summed E-state index contributed by atoms with van der Waals surface area (Å²) < 4.78 is 5.42. The minimum absolute atomic E-state index is 0.164. The molecule has 1 aromatic carbocycles. The van der Waals surface area contributed by atoms with Crippen molar-refractivity contribution in [3.8, 4) is 0 Å². The number of nitrogens with one attached hydrogen (secondary N) is 1. The summed E-state index contributed by atoms with van der Waals surface area (Å²) in [4.78, 5) is 23.4. The zero-order valence-electron chi connectivity index (χ0n) is 12.4. The van der Waals surface area contributed by atoms with Crippen molar-refractivity contribution in [1.82, 2.24) is 10.2 Å². The van der Waals surface area contributed by atoms with E-state index in [4.69, 9.17) is 10.5 Å². The van der Waals surface area contributed by atoms with Gasteiger partial charge in [-0.15, -0.1) is 10.2 Å². The number of ether oxygens (including phenoxy) is 1. The second-order valence-electron chi connectivity index (χ2n) is 4.32. The summed E-state index contributed by atoms with van der Waals surface area (Å²) in [6, 6.07) is 7.01. The van der Waals surface area contributed by atoms with E-state index in [1.807, 2.05) is 0 Å². The lowest BCUT2D eigenvalue weighted by atomic mass is 10.1. The topological polar surface area (TPSA) is 107 Å². The highest BCUT2D eigenvalue weighted by atomic mass is 32.2. The van der Waals surface area contributed by atoms with Crippen molar-refractivity contribution in [1.29, 1.82) is 0 Å². The molecule has 0 aliphatic carbocycles. The summed E-state index contributed by atoms with van der Waals surface area (Å²) in [5.74, 6) is -0.415. The van der Waals surface area contributed by atoms with Crippen molar-refractivity contribution >= 4 is 40.1 Å². The van der Waals surface area contributed by atoms with Crippen LogP contribution in [0.5, 0.6) is 0 Å². The van der Waals surface area contributed by atoms with Crippen molar-refractivity contribution in [2.75, 3.05) is 17.7 Å². The number of esters is 1. The molecule has 3 N–H and O–H groups in total. The van der Waals surface area contributed by atoms with Gasteiger partial charge >= 0.3 is 5.97 Å². The van der Waals surface area contributed by atoms with Gasteiger partial charge in [-0.25, -0.2) is 0 Å². The lowest BCUT2D eigenvalue weighted by molar-refractivity contribution is -0.139. The zero-order valence-corrected chi connectivity index (χ0v) is 14.1. The summed E-state index contributed by atoms with van der Waals surface area (Å²) in [5, 5.41) is 10.9. The van der Waals surface area contributed by atoms with Crippen LogP contribution in [0.4, 0.5) is 5.13 Å². The van der Waals surface area contributed by atoms with Crippen LogP contribution in [-0.4, -0.2) is 34.4 Å². The first kappa shape index (κ1) is 17.4. The van der Waals surface area contributed by atoms with E-state index in [9.17, 15) is 9.59 Å². The second kappa shape index (κ2) is 8.61. The molecule has 7 nitrogen and oxygen atoms in total. The van der Waals surface area contributed by atoms with E-state index < -0.39 is 0 Å². The van der Waals surface area contributed by atoms with Crippen molar-refractivity contribution in [3.63, 3.8) is 0 Å². The van der Waals surface area contributed by atoms with Crippen molar-refractivity contribution in [2.45, 2.75) is 17.8 Å². The van der Waals surface area contributed by atoms with Gasteiger partial charge in [0.05, 0.1) is 12.4 Å². The van der Waals surface area contributed by atoms with Gasteiger partial charge < -0.3 is 10.5 Å². The Hall–Kier alpha value is -1.97. The van der Waals surface area contributed by atoms with Gasteiger partial charge in [0.15, 0.2) is 4.34 Å². The van der Waals surface area contributed by atoms with E-state index in [2.05, 4.69) is 15.5 Å². The molecule has 0 saturated carbocycles. The van der Waals surface area contributed by atoms with E-state index in [1.54, 1.807) is 31.2 Å². The molecule has 0 aliphatic heterocycles. The van der Waals surface area contributed by atoms with Crippen LogP contribution in [0.1, 0.15) is 22.8 Å². The molecule has 9 heteroatoms. The van der Waals surface area contributed by atoms with Gasteiger partial charge in [-0.3, -0.25) is 14.9 Å². The minimum atomic E-state index is -0.307. The summed E-state index contributed by atoms with van der Waals surface area (Å²) in [7, 11) is 0. The van der Waals surface area contributed by atoms with Crippen molar-refractivity contribution < 1.29 is 14.3 Å². The number of hydrogen-bond donors (Lipinski definition) is 2. The largest absolute Gasteiger partial charge is 0.465 e. The molecular weight excluding hydrogens is 336 g/mol. The van der Waals surface area contributed by atoms with Crippen LogP contribution in [0.25, 0.3) is 0 Å². The van der Waals surface area contributed by atoms with Gasteiger partial charge in [0, 0.05) is 12.1 Å². The fourth-order valence-corrected chi connectivity index (χ4v) is 3.15. The quantitative estimate of drug-likeness (QED) is 0.445. The Morgan fingerprint density at radius 1 is 1.30 bits per heavy atom. The summed E-state index contributed by atoms with van der Waals surface area (Å²) >= 11 is 2.43. The molecule has 122 valence electrons. The number of hydrogen-bond acceptors (Lipinski definition) is 8. The van der Waals surface area contributed by atoms with Crippen LogP contribution in [0.2, 0.25) is 0 Å². The van der Waals surface area contributed by atoms with Gasteiger partial charge in [-0.05, 0) is 24.6 Å². The summed E-state index contributed by atoms with van der Waals surface area (Å²) in [6.45, 7) is 2.53. The molecule has 1 aromatic heterocycles. The first-order valence-corrected chi connectivity index (χ1v) is 8.65. The first-order valence-electron chi connectivity index (χ1n) is 6.84. The Morgan fingerprint density at radius 2 is 2.04 bits per heavy atom. The molecule has 1 heterocycles. The van der Waals surface area contributed by atoms with Gasteiger partial charge in [-0.1, -0.05) is 35.2 Å². The predicted octanol–water partition coefficient (Wildman–Crippen LogP) is 1.90. The normalized spacial score (nSPS) is 10.3. The third kappa shape index (κ3) is 5.31. The molecular formula is C14H16N4O3S2. The standard InChI is InChI=1S/C14H16N4O3S2/c1-2-21-11(19)8-22-14-18-17-13(23-14)16-12(20)10-5-3-9(7-15)4-6-10/h3-6H,2,7-8,15H2,1H3,(H,16,17,20). The number of carbonyl (C=O) groups is 2. The molecule has 0 atom stereocenters. The summed E-state index contributed by atoms with van der Waals surface area (Å²) in [6.07, 6.45) is 0. The molecule has 0 saturated heterocycles. The maximum absolute atomic E-state index is 12.1. The fourth-order valence-electron chi connectivity index (χ4n) is 1.60. The second-order valence-corrected chi connectivity index (χ2v) is 6.52. The Morgan fingerprint density at radius 3 is 2.70 bits per heavy atom. The summed E-state index contributed by atoms with van der Waals surface area (Å²) in [5.41, 5.74) is 6.98. The Bertz CT molecular complexity index is 673. The maximum Gasteiger partial charge on any atom is 0.316 e. The van der Waals surface area contributed by atoms with Gasteiger partial charge in [0.1, 0.15) is 0 Å². The monoisotopic (exact) mass is 352 g/mol. The third-order valence-electron chi connectivity index (χ3n) is 2.70. The third-order valence-corrected chi connectivity index (χ3v) is 4.64. The van der Waals surface area contributed by atoms with Crippen LogP contribution in [0.3, 0.4) is 0 Å². The lowest BCUT2D eigenvalue weighted by Gasteiger charge is -2.02. The fraction of sp³-hybridized carbons (Fsp3) is 0.286. The predicted molar refractivity (Wildman–Crippen MR) is 89.6 cm³/mol. The Kier molecular flexibility index (Phi) is 6.51.